The summed E-state index contributed by atoms with van der Waals surface area (Å²) in [7, 11) is -7.64. The topological polar surface area (TPSA) is 111 Å². The molecular weight excluding hydrogens is 623 g/mol. The molecule has 4 aromatic rings. The Kier molecular flexibility index (Phi) is 8.55. The quantitative estimate of drug-likeness (QED) is 0.270. The Bertz CT molecular complexity index is 2000. The third-order valence-corrected chi connectivity index (χ3v) is 11.4. The third-order valence-electron chi connectivity index (χ3n) is 8.46. The van der Waals surface area contributed by atoms with Gasteiger partial charge in [-0.05, 0) is 73.6 Å². The molecule has 238 valence electrons. The van der Waals surface area contributed by atoms with E-state index >= 15 is 4.39 Å². The van der Waals surface area contributed by atoms with Crippen LogP contribution in [-0.2, 0) is 24.8 Å². The highest BCUT2D eigenvalue weighted by Gasteiger charge is 2.30. The molecule has 2 aromatic carbocycles. The molecule has 6 rings (SSSR count). The number of nitrogens with one attached hydrogen (secondary N) is 1. The van der Waals surface area contributed by atoms with Gasteiger partial charge in [0.25, 0.3) is 10.0 Å². The number of hydrogen-bond donors (Lipinski definition) is 1. The third kappa shape index (κ3) is 6.26. The van der Waals surface area contributed by atoms with E-state index in [4.69, 9.17) is 4.74 Å². The highest BCUT2D eigenvalue weighted by Crippen LogP contribution is 2.38. The minimum Gasteiger partial charge on any atom is -0.382 e. The van der Waals surface area contributed by atoms with Crippen LogP contribution in [0, 0.1) is 24.5 Å². The summed E-state index contributed by atoms with van der Waals surface area (Å²) in [5.41, 5.74) is 2.47. The van der Waals surface area contributed by atoms with Crippen molar-refractivity contribution in [2.45, 2.75) is 31.1 Å². The molecule has 2 aliphatic heterocycles. The molecule has 13 heteroatoms. The fraction of sp³-hybridized carbons (Fsp3) is 0.344. The second-order valence-electron chi connectivity index (χ2n) is 11.6. The van der Waals surface area contributed by atoms with Crippen LogP contribution in [0.5, 0.6) is 0 Å². The van der Waals surface area contributed by atoms with E-state index in [0.717, 1.165) is 34.7 Å². The molecule has 0 unspecified atom stereocenters. The largest absolute Gasteiger partial charge is 0.382 e. The van der Waals surface area contributed by atoms with Gasteiger partial charge >= 0.3 is 0 Å². The van der Waals surface area contributed by atoms with Crippen molar-refractivity contribution in [3.8, 4) is 11.1 Å². The SMILES string of the molecule is Cc1ccc(S(=O)(=O)n2c(C3=CCN(S(C)(=O)=O)CC3)cc3c(-c4cc(NCC5CCOCC5)c(F)cc4F)ccnc32)cc1. The number of ether oxygens (including phenoxy) is 1. The number of anilines is 1. The van der Waals surface area contributed by atoms with Crippen molar-refractivity contribution in [2.75, 3.05) is 44.4 Å². The zero-order chi connectivity index (χ0) is 31.9. The smallest absolute Gasteiger partial charge is 0.269 e. The summed E-state index contributed by atoms with van der Waals surface area (Å²) in [6, 6.07) is 11.9. The molecule has 0 radical (unpaired) electrons. The summed E-state index contributed by atoms with van der Waals surface area (Å²) < 4.78 is 91.0. The Balaban J connectivity index is 1.50. The number of aryl methyl sites for hydroxylation is 1. The first-order valence-electron chi connectivity index (χ1n) is 14.7. The first-order valence-corrected chi connectivity index (χ1v) is 18.0. The molecule has 0 amide bonds. The second kappa shape index (κ2) is 12.3. The summed E-state index contributed by atoms with van der Waals surface area (Å²) >= 11 is 0. The van der Waals surface area contributed by atoms with Gasteiger partial charge in [-0.15, -0.1) is 0 Å². The van der Waals surface area contributed by atoms with Crippen molar-refractivity contribution < 1.29 is 30.4 Å². The van der Waals surface area contributed by atoms with Crippen LogP contribution in [0.4, 0.5) is 14.5 Å². The lowest BCUT2D eigenvalue weighted by atomic mass is 9.99. The zero-order valence-corrected chi connectivity index (χ0v) is 26.6. The maximum atomic E-state index is 15.5. The summed E-state index contributed by atoms with van der Waals surface area (Å²) in [6.07, 6.45) is 6.17. The molecule has 45 heavy (non-hydrogen) atoms. The van der Waals surface area contributed by atoms with Crippen LogP contribution in [0.3, 0.4) is 0 Å². The highest BCUT2D eigenvalue weighted by molar-refractivity contribution is 7.90. The number of benzene rings is 2. The van der Waals surface area contributed by atoms with E-state index in [1.807, 2.05) is 6.92 Å². The summed E-state index contributed by atoms with van der Waals surface area (Å²) in [4.78, 5) is 4.48. The van der Waals surface area contributed by atoms with Gasteiger partial charge in [0.1, 0.15) is 11.6 Å². The van der Waals surface area contributed by atoms with Crippen molar-refractivity contribution in [1.29, 1.82) is 0 Å². The molecule has 0 spiro atoms. The van der Waals surface area contributed by atoms with Crippen molar-refractivity contribution in [1.82, 2.24) is 13.3 Å². The Morgan fingerprint density at radius 1 is 0.978 bits per heavy atom. The van der Waals surface area contributed by atoms with Gasteiger partial charge in [0.05, 0.1) is 22.5 Å². The van der Waals surface area contributed by atoms with Crippen LogP contribution in [-0.4, -0.2) is 69.2 Å². The van der Waals surface area contributed by atoms with E-state index in [2.05, 4.69) is 10.3 Å². The number of hydrogen-bond acceptors (Lipinski definition) is 7. The average molecular weight is 657 g/mol. The number of pyridine rings is 1. The molecular formula is C32H34F2N4O5S2. The molecule has 0 atom stereocenters. The molecule has 1 N–H and O–H groups in total. The number of halogens is 2. The van der Waals surface area contributed by atoms with Gasteiger partial charge in [0, 0.05) is 56.1 Å². The van der Waals surface area contributed by atoms with Crippen LogP contribution in [0.1, 0.15) is 30.5 Å². The lowest BCUT2D eigenvalue weighted by Gasteiger charge is -2.24. The van der Waals surface area contributed by atoms with Crippen molar-refractivity contribution in [2.24, 2.45) is 5.92 Å². The fourth-order valence-corrected chi connectivity index (χ4v) is 8.13. The number of nitrogens with zero attached hydrogens (tertiary/aromatic N) is 3. The Morgan fingerprint density at radius 2 is 1.71 bits per heavy atom. The van der Waals surface area contributed by atoms with Crippen LogP contribution in [0.2, 0.25) is 0 Å². The van der Waals surface area contributed by atoms with Gasteiger partial charge < -0.3 is 10.1 Å². The molecule has 0 bridgehead atoms. The van der Waals surface area contributed by atoms with E-state index in [0.29, 0.717) is 47.9 Å². The molecule has 0 saturated carbocycles. The van der Waals surface area contributed by atoms with Crippen LogP contribution in [0.15, 0.2) is 65.7 Å². The standard InChI is InChI=1S/C32H34F2N4O5S2/c1-21-3-5-24(6-4-21)45(41,42)38-31(23-8-13-37(14-9-23)44(2,39)40)18-27-25(7-12-35-32(27)38)26-17-30(29(34)19-28(26)33)36-20-22-10-15-43-16-11-22/h3-8,12,17-19,22,36H,9-11,13-16,20H2,1-2H3. The van der Waals surface area contributed by atoms with E-state index in [1.54, 1.807) is 30.3 Å². The summed E-state index contributed by atoms with van der Waals surface area (Å²) in [6.45, 7) is 3.90. The van der Waals surface area contributed by atoms with Crippen molar-refractivity contribution >= 4 is 42.3 Å². The lowest BCUT2D eigenvalue weighted by molar-refractivity contribution is 0.0699. The molecule has 2 aromatic heterocycles. The van der Waals surface area contributed by atoms with Crippen LogP contribution in [0.25, 0.3) is 27.7 Å². The number of sulfonamides is 1. The van der Waals surface area contributed by atoms with Gasteiger partial charge in [-0.25, -0.2) is 34.6 Å². The fourth-order valence-electron chi connectivity index (χ4n) is 5.87. The van der Waals surface area contributed by atoms with Crippen molar-refractivity contribution in [3.63, 3.8) is 0 Å². The first kappa shape index (κ1) is 31.3. The first-order chi connectivity index (χ1) is 21.4. The van der Waals surface area contributed by atoms with E-state index < -0.39 is 31.7 Å². The number of aromatic nitrogens is 2. The van der Waals surface area contributed by atoms with Crippen molar-refractivity contribution in [3.05, 3.63) is 83.7 Å². The number of fused-ring (bicyclic) bond motifs is 1. The maximum Gasteiger partial charge on any atom is 0.269 e. The monoisotopic (exact) mass is 656 g/mol. The van der Waals surface area contributed by atoms with E-state index in [9.17, 15) is 21.2 Å². The van der Waals surface area contributed by atoms with Gasteiger partial charge in [0.2, 0.25) is 10.0 Å². The Hall–Kier alpha value is -3.65. The molecule has 4 heterocycles. The number of rotatable bonds is 8. The van der Waals surface area contributed by atoms with Gasteiger partial charge in [-0.3, -0.25) is 0 Å². The minimum atomic E-state index is -4.20. The minimum absolute atomic E-state index is 0.0424. The van der Waals surface area contributed by atoms with Gasteiger partial charge in [0.15, 0.2) is 5.65 Å². The van der Waals surface area contributed by atoms with E-state index in [1.165, 1.54) is 28.7 Å². The molecule has 1 fully saturated rings. The molecule has 2 aliphatic rings. The Morgan fingerprint density at radius 3 is 2.38 bits per heavy atom. The highest BCUT2D eigenvalue weighted by atomic mass is 32.2. The molecule has 9 nitrogen and oxygen atoms in total. The van der Waals surface area contributed by atoms with Gasteiger partial charge in [-0.2, -0.15) is 4.31 Å². The van der Waals surface area contributed by atoms with Crippen LogP contribution >= 0.6 is 0 Å². The summed E-state index contributed by atoms with van der Waals surface area (Å²) in [5.74, 6) is -1.23. The maximum absolute atomic E-state index is 15.5. The normalized spacial score (nSPS) is 17.0. The van der Waals surface area contributed by atoms with Gasteiger partial charge in [-0.1, -0.05) is 23.8 Å². The lowest BCUT2D eigenvalue weighted by Crippen LogP contribution is -2.34. The summed E-state index contributed by atoms with van der Waals surface area (Å²) in [5, 5.41) is 3.48. The molecule has 1 saturated heterocycles. The predicted octanol–water partition coefficient (Wildman–Crippen LogP) is 5.41. The molecule has 0 aliphatic carbocycles. The van der Waals surface area contributed by atoms with Crippen LogP contribution < -0.4 is 5.32 Å². The average Bonchev–Trinajstić information content (AvgIpc) is 3.42. The van der Waals surface area contributed by atoms with E-state index in [-0.39, 0.29) is 41.3 Å². The zero-order valence-electron chi connectivity index (χ0n) is 25.0. The Labute approximate surface area is 261 Å². The predicted molar refractivity (Wildman–Crippen MR) is 170 cm³/mol. The second-order valence-corrected chi connectivity index (χ2v) is 15.3.